The Bertz CT molecular complexity index is 334. The van der Waals surface area contributed by atoms with Crippen molar-refractivity contribution in [1.82, 2.24) is 0 Å². The van der Waals surface area contributed by atoms with Crippen LogP contribution in [-0.4, -0.2) is 44.3 Å². The van der Waals surface area contributed by atoms with Crippen molar-refractivity contribution in [1.29, 1.82) is 0 Å². The van der Waals surface area contributed by atoms with Gasteiger partial charge in [-0.15, -0.1) is 0 Å². The van der Waals surface area contributed by atoms with Crippen molar-refractivity contribution in [2.75, 3.05) is 38.3 Å². The molecule has 0 aliphatic carbocycles. The molecule has 0 atom stereocenters. The molecule has 1 N–H and O–H groups in total. The first-order valence-corrected chi connectivity index (χ1v) is 5.14. The molecule has 0 aliphatic heterocycles. The second-order valence-electron chi connectivity index (χ2n) is 3.40. The summed E-state index contributed by atoms with van der Waals surface area (Å²) in [5.41, 5.74) is 0. The monoisotopic (exact) mass is 227 g/mol. The van der Waals surface area contributed by atoms with Gasteiger partial charge in [0.15, 0.2) is 17.4 Å². The molecule has 5 heteroatoms. The number of rotatable bonds is 7. The van der Waals surface area contributed by atoms with E-state index in [1.807, 2.05) is 4.90 Å². The minimum absolute atomic E-state index is 0.0276. The van der Waals surface area contributed by atoms with Crippen LogP contribution in [0.5, 0.6) is 0 Å². The van der Waals surface area contributed by atoms with E-state index in [-0.39, 0.29) is 12.4 Å². The first kappa shape index (κ1) is 12.7. The van der Waals surface area contributed by atoms with Gasteiger partial charge in [0.2, 0.25) is 0 Å². The van der Waals surface area contributed by atoms with E-state index in [0.29, 0.717) is 31.3 Å². The molecule has 5 nitrogen and oxygen atoms in total. The lowest BCUT2D eigenvalue weighted by atomic mass is 10.3. The summed E-state index contributed by atoms with van der Waals surface area (Å²) in [6.07, 6.45) is 0. The number of nitrogens with zero attached hydrogens (tertiary/aromatic N) is 1. The molecule has 0 amide bonds. The molecule has 1 rings (SSSR count). The largest absolute Gasteiger partial charge is 0.437 e. The normalized spacial score (nSPS) is 10.4. The van der Waals surface area contributed by atoms with E-state index in [4.69, 9.17) is 14.3 Å². The highest BCUT2D eigenvalue weighted by Gasteiger charge is 2.12. The summed E-state index contributed by atoms with van der Waals surface area (Å²) in [7, 11) is 1.61. The van der Waals surface area contributed by atoms with Gasteiger partial charge in [0.1, 0.15) is 0 Å². The van der Waals surface area contributed by atoms with Gasteiger partial charge in [-0.25, -0.2) is 0 Å². The zero-order chi connectivity index (χ0) is 12.0. The Labute approximate surface area is 94.6 Å². The van der Waals surface area contributed by atoms with Gasteiger partial charge in [0, 0.05) is 33.2 Å². The third-order valence-corrected chi connectivity index (χ3v) is 2.19. The van der Waals surface area contributed by atoms with Crippen LogP contribution >= 0.6 is 0 Å². The topological polar surface area (TPSA) is 62.9 Å². The van der Waals surface area contributed by atoms with Gasteiger partial charge >= 0.3 is 0 Å². The number of hydrogen-bond acceptors (Lipinski definition) is 5. The molecule has 0 saturated carbocycles. The van der Waals surface area contributed by atoms with Gasteiger partial charge in [0.25, 0.3) is 0 Å². The van der Waals surface area contributed by atoms with Gasteiger partial charge in [0.05, 0.1) is 13.2 Å². The number of furan rings is 1. The van der Waals surface area contributed by atoms with E-state index in [1.165, 1.54) is 6.92 Å². The first-order valence-electron chi connectivity index (χ1n) is 5.14. The van der Waals surface area contributed by atoms with Crippen molar-refractivity contribution in [2.45, 2.75) is 6.92 Å². The zero-order valence-corrected chi connectivity index (χ0v) is 9.60. The summed E-state index contributed by atoms with van der Waals surface area (Å²) < 4.78 is 10.3. The molecule has 16 heavy (non-hydrogen) atoms. The number of carbonyl (C=O) groups excluding carboxylic acids is 1. The Hall–Kier alpha value is -1.33. The third kappa shape index (κ3) is 3.36. The van der Waals surface area contributed by atoms with Crippen LogP contribution in [0.1, 0.15) is 17.5 Å². The molecule has 1 aromatic heterocycles. The fourth-order valence-electron chi connectivity index (χ4n) is 1.34. The summed E-state index contributed by atoms with van der Waals surface area (Å²) in [5.74, 6) is 0.800. The predicted molar refractivity (Wildman–Crippen MR) is 59.9 cm³/mol. The highest BCUT2D eigenvalue weighted by Crippen LogP contribution is 2.18. The SMILES string of the molecule is COCCN(CCO)c1ccc(C(C)=O)o1. The van der Waals surface area contributed by atoms with Gasteiger partial charge in [-0.05, 0) is 6.07 Å². The van der Waals surface area contributed by atoms with Gasteiger partial charge < -0.3 is 19.2 Å². The number of aliphatic hydroxyl groups excluding tert-OH is 1. The highest BCUT2D eigenvalue weighted by atomic mass is 16.5. The average Bonchev–Trinajstić information content (AvgIpc) is 2.73. The van der Waals surface area contributed by atoms with Gasteiger partial charge in [-0.3, -0.25) is 4.79 Å². The van der Waals surface area contributed by atoms with Crippen molar-refractivity contribution in [3.05, 3.63) is 17.9 Å². The number of ketones is 1. The maximum absolute atomic E-state index is 11.1. The Kier molecular flexibility index (Phi) is 5.01. The van der Waals surface area contributed by atoms with Crippen LogP contribution in [0.3, 0.4) is 0 Å². The van der Waals surface area contributed by atoms with Crippen molar-refractivity contribution in [2.24, 2.45) is 0 Å². The molecular formula is C11H17NO4. The van der Waals surface area contributed by atoms with Crippen molar-refractivity contribution in [3.63, 3.8) is 0 Å². The van der Waals surface area contributed by atoms with Crippen molar-refractivity contribution >= 4 is 11.7 Å². The number of hydrogen-bond donors (Lipinski definition) is 1. The fourth-order valence-corrected chi connectivity index (χ4v) is 1.34. The van der Waals surface area contributed by atoms with Gasteiger partial charge in [-0.1, -0.05) is 0 Å². The zero-order valence-electron chi connectivity index (χ0n) is 9.60. The number of carbonyl (C=O) groups is 1. The lowest BCUT2D eigenvalue weighted by Gasteiger charge is -2.20. The van der Waals surface area contributed by atoms with E-state index in [1.54, 1.807) is 19.2 Å². The van der Waals surface area contributed by atoms with Crippen LogP contribution in [0.2, 0.25) is 0 Å². The summed E-state index contributed by atoms with van der Waals surface area (Å²) in [6.45, 7) is 3.08. The van der Waals surface area contributed by atoms with Crippen LogP contribution in [0, 0.1) is 0 Å². The lowest BCUT2D eigenvalue weighted by Crippen LogP contribution is -2.29. The Morgan fingerprint density at radius 2 is 2.25 bits per heavy atom. The van der Waals surface area contributed by atoms with E-state index >= 15 is 0 Å². The molecule has 0 bridgehead atoms. The Morgan fingerprint density at radius 1 is 1.50 bits per heavy atom. The lowest BCUT2D eigenvalue weighted by molar-refractivity contribution is 0.0987. The molecule has 0 spiro atoms. The molecule has 0 aromatic carbocycles. The molecule has 0 unspecified atom stereocenters. The van der Waals surface area contributed by atoms with Crippen LogP contribution in [0.4, 0.5) is 5.88 Å². The first-order chi connectivity index (χ1) is 7.69. The van der Waals surface area contributed by atoms with E-state index in [2.05, 4.69) is 0 Å². The third-order valence-electron chi connectivity index (χ3n) is 2.19. The standard InChI is InChI=1S/C11H17NO4/c1-9(14)10-3-4-11(16-10)12(5-7-13)6-8-15-2/h3-4,13H,5-8H2,1-2H3. The summed E-state index contributed by atoms with van der Waals surface area (Å²) in [6, 6.07) is 3.36. The summed E-state index contributed by atoms with van der Waals surface area (Å²) in [4.78, 5) is 12.9. The molecule has 1 aromatic rings. The quantitative estimate of drug-likeness (QED) is 0.702. The number of Topliss-reactive ketones (excluding diaryl/α,β-unsaturated/α-hetero) is 1. The maximum atomic E-state index is 11.1. The summed E-state index contributed by atoms with van der Waals surface area (Å²) in [5, 5.41) is 8.92. The second-order valence-corrected chi connectivity index (χ2v) is 3.40. The Balaban J connectivity index is 2.71. The van der Waals surface area contributed by atoms with Crippen molar-refractivity contribution < 1.29 is 19.1 Å². The van der Waals surface area contributed by atoms with Crippen molar-refractivity contribution in [3.8, 4) is 0 Å². The molecular weight excluding hydrogens is 210 g/mol. The minimum Gasteiger partial charge on any atom is -0.437 e. The Morgan fingerprint density at radius 3 is 2.75 bits per heavy atom. The smallest absolute Gasteiger partial charge is 0.196 e. The molecule has 1 heterocycles. The number of aliphatic hydroxyl groups is 1. The fraction of sp³-hybridized carbons (Fsp3) is 0.545. The molecule has 90 valence electrons. The molecule has 0 aliphatic rings. The van der Waals surface area contributed by atoms with Crippen LogP contribution in [-0.2, 0) is 4.74 Å². The van der Waals surface area contributed by atoms with Crippen LogP contribution < -0.4 is 4.90 Å². The van der Waals surface area contributed by atoms with Gasteiger partial charge in [-0.2, -0.15) is 0 Å². The van der Waals surface area contributed by atoms with Crippen LogP contribution in [0.15, 0.2) is 16.5 Å². The predicted octanol–water partition coefficient (Wildman–Crippen LogP) is 0.927. The van der Waals surface area contributed by atoms with Crippen LogP contribution in [0.25, 0.3) is 0 Å². The van der Waals surface area contributed by atoms with E-state index in [9.17, 15) is 4.79 Å². The molecule has 0 saturated heterocycles. The summed E-state index contributed by atoms with van der Waals surface area (Å²) >= 11 is 0. The minimum atomic E-state index is -0.109. The number of anilines is 1. The number of methoxy groups -OCH3 is 1. The molecule has 0 radical (unpaired) electrons. The van der Waals surface area contributed by atoms with E-state index < -0.39 is 0 Å². The molecule has 0 fully saturated rings. The highest BCUT2D eigenvalue weighted by molar-refractivity contribution is 5.91. The average molecular weight is 227 g/mol. The number of ether oxygens (including phenoxy) is 1. The maximum Gasteiger partial charge on any atom is 0.196 e. The van der Waals surface area contributed by atoms with E-state index in [0.717, 1.165) is 0 Å². The second kappa shape index (κ2) is 6.30.